The van der Waals surface area contributed by atoms with Crippen LogP contribution in [0, 0.1) is 12.8 Å². The summed E-state index contributed by atoms with van der Waals surface area (Å²) in [6.07, 6.45) is 1.42. The molecular weight excluding hydrogens is 266 g/mol. The third-order valence-electron chi connectivity index (χ3n) is 4.39. The quantitative estimate of drug-likeness (QED) is 0.822. The average Bonchev–Trinajstić information content (AvgIpc) is 3.06. The van der Waals surface area contributed by atoms with Crippen LogP contribution in [0.25, 0.3) is 0 Å². The summed E-state index contributed by atoms with van der Waals surface area (Å²) in [5, 5.41) is 0. The number of hydrogen-bond donors (Lipinski definition) is 1. The van der Waals surface area contributed by atoms with Crippen molar-refractivity contribution in [3.05, 3.63) is 29.8 Å². The second kappa shape index (κ2) is 5.48. The maximum absolute atomic E-state index is 12.5. The lowest BCUT2D eigenvalue weighted by Gasteiger charge is -2.20. The molecule has 2 heterocycles. The largest absolute Gasteiger partial charge is 0.340 e. The topological polar surface area (TPSA) is 66.6 Å². The summed E-state index contributed by atoms with van der Waals surface area (Å²) in [6, 6.07) is 7.89. The minimum Gasteiger partial charge on any atom is -0.340 e. The van der Waals surface area contributed by atoms with E-state index in [-0.39, 0.29) is 17.9 Å². The van der Waals surface area contributed by atoms with E-state index in [1.165, 1.54) is 0 Å². The summed E-state index contributed by atoms with van der Waals surface area (Å²) in [7, 11) is 0. The van der Waals surface area contributed by atoms with Gasteiger partial charge in [-0.25, -0.2) is 0 Å². The second-order valence-electron chi connectivity index (χ2n) is 6.00. The zero-order valence-corrected chi connectivity index (χ0v) is 12.3. The summed E-state index contributed by atoms with van der Waals surface area (Å²) in [5.74, 6) is -0.663. The molecule has 5 nitrogen and oxygen atoms in total. The fourth-order valence-corrected chi connectivity index (χ4v) is 3.10. The van der Waals surface area contributed by atoms with Crippen molar-refractivity contribution in [2.24, 2.45) is 11.7 Å². The van der Waals surface area contributed by atoms with Crippen LogP contribution in [-0.2, 0) is 9.59 Å². The molecule has 1 aromatic rings. The van der Waals surface area contributed by atoms with Crippen molar-refractivity contribution in [3.63, 3.8) is 0 Å². The molecule has 0 spiro atoms. The number of hydrogen-bond acceptors (Lipinski definition) is 3. The zero-order valence-electron chi connectivity index (χ0n) is 12.3. The molecule has 2 aliphatic rings. The SMILES string of the molecule is Cc1ccc(N2CC[C@H](C(=O)N3CC[C@H](N)C3)C2=O)cc1. The van der Waals surface area contributed by atoms with Crippen LogP contribution in [0.2, 0.25) is 0 Å². The van der Waals surface area contributed by atoms with Crippen LogP contribution in [0.5, 0.6) is 0 Å². The van der Waals surface area contributed by atoms with Crippen LogP contribution in [0.1, 0.15) is 18.4 Å². The van der Waals surface area contributed by atoms with Crippen molar-refractivity contribution in [3.8, 4) is 0 Å². The van der Waals surface area contributed by atoms with Crippen LogP contribution in [0.3, 0.4) is 0 Å². The molecular formula is C16H21N3O2. The fraction of sp³-hybridized carbons (Fsp3) is 0.500. The van der Waals surface area contributed by atoms with E-state index in [1.54, 1.807) is 9.80 Å². The number of aryl methyl sites for hydroxylation is 1. The summed E-state index contributed by atoms with van der Waals surface area (Å²) < 4.78 is 0. The van der Waals surface area contributed by atoms with E-state index >= 15 is 0 Å². The van der Waals surface area contributed by atoms with Gasteiger partial charge in [0.1, 0.15) is 5.92 Å². The van der Waals surface area contributed by atoms with E-state index in [2.05, 4.69) is 0 Å². The molecule has 2 atom stereocenters. The van der Waals surface area contributed by atoms with Crippen LogP contribution in [-0.4, -0.2) is 42.4 Å². The molecule has 2 N–H and O–H groups in total. The first-order valence-corrected chi connectivity index (χ1v) is 7.48. The molecule has 21 heavy (non-hydrogen) atoms. The molecule has 0 saturated carbocycles. The number of anilines is 1. The highest BCUT2D eigenvalue weighted by molar-refractivity contribution is 6.09. The minimum absolute atomic E-state index is 0.0532. The Hall–Kier alpha value is -1.88. The van der Waals surface area contributed by atoms with Crippen molar-refractivity contribution in [1.82, 2.24) is 4.90 Å². The first-order chi connectivity index (χ1) is 10.1. The van der Waals surface area contributed by atoms with Crippen LogP contribution >= 0.6 is 0 Å². The van der Waals surface area contributed by atoms with E-state index in [0.717, 1.165) is 17.7 Å². The highest BCUT2D eigenvalue weighted by atomic mass is 16.2. The van der Waals surface area contributed by atoms with Crippen LogP contribution in [0.4, 0.5) is 5.69 Å². The van der Waals surface area contributed by atoms with Gasteiger partial charge in [0, 0.05) is 31.4 Å². The standard InChI is InChI=1S/C16H21N3O2/c1-11-2-4-13(5-3-11)19-9-7-14(16(19)21)15(20)18-8-6-12(17)10-18/h2-5,12,14H,6-10,17H2,1H3/t12-,14+/m0/s1. The lowest BCUT2D eigenvalue weighted by Crippen LogP contribution is -2.40. The average molecular weight is 287 g/mol. The number of carbonyl (C=O) groups excluding carboxylic acids is 2. The van der Waals surface area contributed by atoms with Gasteiger partial charge in [-0.3, -0.25) is 9.59 Å². The number of likely N-dealkylation sites (tertiary alicyclic amines) is 1. The molecule has 3 rings (SSSR count). The van der Waals surface area contributed by atoms with Gasteiger partial charge in [0.05, 0.1) is 0 Å². The molecule has 2 saturated heterocycles. The number of benzene rings is 1. The highest BCUT2D eigenvalue weighted by Crippen LogP contribution is 2.27. The van der Waals surface area contributed by atoms with Crippen molar-refractivity contribution in [2.45, 2.75) is 25.8 Å². The third kappa shape index (κ3) is 2.65. The van der Waals surface area contributed by atoms with Crippen molar-refractivity contribution in [2.75, 3.05) is 24.5 Å². The first kappa shape index (κ1) is 14.1. The van der Waals surface area contributed by atoms with E-state index in [1.807, 2.05) is 31.2 Å². The van der Waals surface area contributed by atoms with Gasteiger partial charge >= 0.3 is 0 Å². The van der Waals surface area contributed by atoms with Gasteiger partial charge in [-0.15, -0.1) is 0 Å². The van der Waals surface area contributed by atoms with Crippen LogP contribution < -0.4 is 10.6 Å². The Balaban J connectivity index is 1.71. The summed E-state index contributed by atoms with van der Waals surface area (Å²) in [5.41, 5.74) is 7.87. The number of nitrogens with two attached hydrogens (primary N) is 1. The third-order valence-corrected chi connectivity index (χ3v) is 4.39. The normalized spacial score (nSPS) is 25.7. The Morgan fingerprint density at radius 1 is 1.19 bits per heavy atom. The Labute approximate surface area is 124 Å². The van der Waals surface area contributed by atoms with E-state index < -0.39 is 5.92 Å². The zero-order chi connectivity index (χ0) is 15.0. The van der Waals surface area contributed by atoms with Crippen molar-refractivity contribution >= 4 is 17.5 Å². The smallest absolute Gasteiger partial charge is 0.239 e. The van der Waals surface area contributed by atoms with Crippen molar-refractivity contribution < 1.29 is 9.59 Å². The molecule has 5 heteroatoms. The molecule has 0 radical (unpaired) electrons. The van der Waals surface area contributed by atoms with Gasteiger partial charge in [-0.05, 0) is 31.9 Å². The molecule has 2 aliphatic heterocycles. The van der Waals surface area contributed by atoms with Crippen molar-refractivity contribution in [1.29, 1.82) is 0 Å². The van der Waals surface area contributed by atoms with E-state index in [4.69, 9.17) is 5.73 Å². The Bertz CT molecular complexity index is 555. The summed E-state index contributed by atoms with van der Waals surface area (Å²) >= 11 is 0. The molecule has 0 bridgehead atoms. The molecule has 2 fully saturated rings. The van der Waals surface area contributed by atoms with Gasteiger partial charge < -0.3 is 15.5 Å². The van der Waals surface area contributed by atoms with E-state index in [9.17, 15) is 9.59 Å². The number of nitrogens with zero attached hydrogens (tertiary/aromatic N) is 2. The maximum atomic E-state index is 12.5. The molecule has 0 unspecified atom stereocenters. The summed E-state index contributed by atoms with van der Waals surface area (Å²) in [4.78, 5) is 28.4. The number of rotatable bonds is 2. The van der Waals surface area contributed by atoms with E-state index in [0.29, 0.717) is 26.1 Å². The van der Waals surface area contributed by atoms with Crippen LogP contribution in [0.15, 0.2) is 24.3 Å². The lowest BCUT2D eigenvalue weighted by atomic mass is 10.1. The minimum atomic E-state index is -0.531. The molecule has 0 aliphatic carbocycles. The number of amides is 2. The van der Waals surface area contributed by atoms with Gasteiger partial charge in [0.25, 0.3) is 0 Å². The predicted octanol–water partition coefficient (Wildman–Crippen LogP) is 0.908. The molecule has 0 aromatic heterocycles. The molecule has 112 valence electrons. The van der Waals surface area contributed by atoms with Gasteiger partial charge in [-0.2, -0.15) is 0 Å². The Morgan fingerprint density at radius 3 is 2.52 bits per heavy atom. The fourth-order valence-electron chi connectivity index (χ4n) is 3.10. The van der Waals surface area contributed by atoms with Gasteiger partial charge in [0.15, 0.2) is 0 Å². The lowest BCUT2D eigenvalue weighted by molar-refractivity contribution is -0.139. The monoisotopic (exact) mass is 287 g/mol. The Kier molecular flexibility index (Phi) is 3.68. The maximum Gasteiger partial charge on any atom is 0.239 e. The molecule has 2 amide bonds. The first-order valence-electron chi connectivity index (χ1n) is 7.48. The van der Waals surface area contributed by atoms with Gasteiger partial charge in [0.2, 0.25) is 11.8 Å². The second-order valence-corrected chi connectivity index (χ2v) is 6.00. The predicted molar refractivity (Wildman–Crippen MR) is 80.8 cm³/mol. The highest BCUT2D eigenvalue weighted by Gasteiger charge is 2.40. The molecule has 1 aromatic carbocycles. The number of carbonyl (C=O) groups is 2. The summed E-state index contributed by atoms with van der Waals surface area (Å²) in [6.45, 7) is 3.87. The van der Waals surface area contributed by atoms with Gasteiger partial charge in [-0.1, -0.05) is 17.7 Å². The Morgan fingerprint density at radius 2 is 1.90 bits per heavy atom.